The second-order valence-electron chi connectivity index (χ2n) is 13.3. The van der Waals surface area contributed by atoms with Gasteiger partial charge in [-0.25, -0.2) is 4.39 Å². The van der Waals surface area contributed by atoms with E-state index >= 15 is 0 Å². The van der Waals surface area contributed by atoms with E-state index in [0.717, 1.165) is 13.0 Å². The second-order valence-corrected chi connectivity index (χ2v) is 18.2. The molecule has 0 aliphatic carbocycles. The molecule has 1 aromatic rings. The molecule has 6 heteroatoms. The largest absolute Gasteiger partial charge is 0.414 e. The van der Waals surface area contributed by atoms with Crippen LogP contribution in [0.5, 0.6) is 0 Å². The highest BCUT2D eigenvalue weighted by Crippen LogP contribution is 2.36. The Morgan fingerprint density at radius 2 is 1.29 bits per heavy atom. The second kappa shape index (κ2) is 22.3. The molecule has 1 rings (SSSR count). The number of unbranched alkanes of at least 4 members (excludes halogenated alkanes) is 15. The minimum Gasteiger partial charge on any atom is -0.414 e. The number of rotatable bonds is 25. The smallest absolute Gasteiger partial charge is 0.192 e. The molecule has 4 nitrogen and oxygen atoms in total. The van der Waals surface area contributed by atoms with Crippen molar-refractivity contribution in [3.8, 4) is 6.07 Å². The normalized spacial score (nSPS) is 12.9. The lowest BCUT2D eigenvalue weighted by Gasteiger charge is -2.37. The zero-order valence-electron chi connectivity index (χ0n) is 27.5. The van der Waals surface area contributed by atoms with E-state index in [4.69, 9.17) is 19.2 Å². The third kappa shape index (κ3) is 18.8. The Morgan fingerprint density at radius 1 is 0.780 bits per heavy atom. The van der Waals surface area contributed by atoms with Gasteiger partial charge in [0.05, 0.1) is 31.5 Å². The van der Waals surface area contributed by atoms with Gasteiger partial charge in [0.2, 0.25) is 0 Å². The Balaban J connectivity index is 2.22. The maximum absolute atomic E-state index is 13.9. The molecular formula is C35H62FNO3Si. The van der Waals surface area contributed by atoms with Crippen LogP contribution in [0, 0.1) is 17.1 Å². The summed E-state index contributed by atoms with van der Waals surface area (Å²) in [7, 11) is -1.93. The number of benzene rings is 1. The van der Waals surface area contributed by atoms with Gasteiger partial charge in [0.1, 0.15) is 11.9 Å². The molecule has 0 aliphatic heterocycles. The maximum Gasteiger partial charge on any atom is 0.192 e. The topological polar surface area (TPSA) is 51.5 Å². The van der Waals surface area contributed by atoms with E-state index in [9.17, 15) is 4.39 Å². The molecule has 0 fully saturated rings. The van der Waals surface area contributed by atoms with Crippen LogP contribution in [0.15, 0.2) is 18.2 Å². The van der Waals surface area contributed by atoms with Gasteiger partial charge in [-0.2, -0.15) is 5.26 Å². The molecule has 41 heavy (non-hydrogen) atoms. The summed E-state index contributed by atoms with van der Waals surface area (Å²) in [5, 5.41) is 9.25. The van der Waals surface area contributed by atoms with E-state index in [1.807, 2.05) is 6.07 Å². The minimum absolute atomic E-state index is 0.107. The van der Waals surface area contributed by atoms with Gasteiger partial charge < -0.3 is 13.9 Å². The van der Waals surface area contributed by atoms with Gasteiger partial charge in [-0.05, 0) is 48.3 Å². The summed E-state index contributed by atoms with van der Waals surface area (Å²) in [6.45, 7) is 15.3. The summed E-state index contributed by atoms with van der Waals surface area (Å²) in [5.74, 6) is -0.420. The maximum atomic E-state index is 13.9. The van der Waals surface area contributed by atoms with Crippen LogP contribution in [0.2, 0.25) is 18.1 Å². The highest BCUT2D eigenvalue weighted by atomic mass is 28.4. The third-order valence-corrected chi connectivity index (χ3v) is 13.0. The first-order valence-corrected chi connectivity index (χ1v) is 19.5. The predicted octanol–water partition coefficient (Wildman–Crippen LogP) is 10.9. The average Bonchev–Trinajstić information content (AvgIpc) is 2.92. The Kier molecular flexibility index (Phi) is 20.5. The van der Waals surface area contributed by atoms with Crippen molar-refractivity contribution in [3.05, 3.63) is 35.1 Å². The Bertz CT molecular complexity index is 834. The molecule has 1 aromatic carbocycles. The first-order valence-electron chi connectivity index (χ1n) is 16.6. The summed E-state index contributed by atoms with van der Waals surface area (Å²) >= 11 is 0. The van der Waals surface area contributed by atoms with Crippen LogP contribution in [-0.2, 0) is 20.5 Å². The van der Waals surface area contributed by atoms with Crippen LogP contribution in [0.1, 0.15) is 142 Å². The van der Waals surface area contributed by atoms with Gasteiger partial charge >= 0.3 is 0 Å². The summed E-state index contributed by atoms with van der Waals surface area (Å²) in [6, 6.07) is 6.34. The number of nitriles is 1. The van der Waals surface area contributed by atoms with Crippen molar-refractivity contribution < 1.29 is 18.3 Å². The molecule has 236 valence electrons. The van der Waals surface area contributed by atoms with Crippen LogP contribution in [0.4, 0.5) is 4.39 Å². The van der Waals surface area contributed by atoms with E-state index in [2.05, 4.69) is 40.8 Å². The van der Waals surface area contributed by atoms with Crippen LogP contribution >= 0.6 is 0 Å². The van der Waals surface area contributed by atoms with Crippen molar-refractivity contribution in [1.29, 1.82) is 5.26 Å². The van der Waals surface area contributed by atoms with Gasteiger partial charge in [-0.15, -0.1) is 0 Å². The van der Waals surface area contributed by atoms with Gasteiger partial charge in [-0.3, -0.25) is 0 Å². The number of hydrogen-bond donors (Lipinski definition) is 0. The molecule has 1 unspecified atom stereocenters. The third-order valence-electron chi connectivity index (χ3n) is 8.45. The molecule has 0 bridgehead atoms. The number of nitrogens with zero attached hydrogens (tertiary/aromatic N) is 1. The van der Waals surface area contributed by atoms with Crippen LogP contribution in [0.3, 0.4) is 0 Å². The summed E-state index contributed by atoms with van der Waals surface area (Å²) in [4.78, 5) is 0. The van der Waals surface area contributed by atoms with Gasteiger partial charge in [0, 0.05) is 6.61 Å². The Morgan fingerprint density at radius 3 is 1.78 bits per heavy atom. The highest BCUT2D eigenvalue weighted by Gasteiger charge is 2.37. The number of ether oxygens (including phenoxy) is 2. The standard InChI is InChI=1S/C35H62FNO3Si/c1-7-8-9-10-11-12-13-14-15-16-17-18-19-20-21-22-23-38-29-34(30-40-41(5,6)35(2,3)4)39-28-32-24-31(27-37)25-33(36)26-32/h24-26,34H,7-23,28-30H2,1-6H3. The first-order chi connectivity index (χ1) is 19.6. The lowest BCUT2D eigenvalue weighted by atomic mass is 10.0. The average molecular weight is 592 g/mol. The number of hydrogen-bond acceptors (Lipinski definition) is 4. The zero-order valence-corrected chi connectivity index (χ0v) is 28.5. The van der Waals surface area contributed by atoms with E-state index < -0.39 is 14.1 Å². The summed E-state index contributed by atoms with van der Waals surface area (Å²) < 4.78 is 32.4. The zero-order chi connectivity index (χ0) is 30.4. The van der Waals surface area contributed by atoms with Crippen molar-refractivity contribution in [1.82, 2.24) is 0 Å². The van der Waals surface area contributed by atoms with Crippen LogP contribution in [-0.4, -0.2) is 34.2 Å². The summed E-state index contributed by atoms with van der Waals surface area (Å²) in [6.07, 6.45) is 21.4. The fraction of sp³-hybridized carbons (Fsp3) is 0.800. The molecule has 1 atom stereocenters. The van der Waals surface area contributed by atoms with Crippen molar-refractivity contribution >= 4 is 8.32 Å². The van der Waals surface area contributed by atoms with E-state index in [0.29, 0.717) is 24.3 Å². The Labute approximate surface area is 253 Å². The van der Waals surface area contributed by atoms with Crippen molar-refractivity contribution in [2.75, 3.05) is 19.8 Å². The first kappa shape index (κ1) is 37.8. The monoisotopic (exact) mass is 591 g/mol. The molecule has 0 spiro atoms. The van der Waals surface area contributed by atoms with E-state index in [-0.39, 0.29) is 17.7 Å². The van der Waals surface area contributed by atoms with Crippen molar-refractivity contribution in [3.63, 3.8) is 0 Å². The highest BCUT2D eigenvalue weighted by molar-refractivity contribution is 6.74. The molecular weight excluding hydrogens is 529 g/mol. The summed E-state index contributed by atoms with van der Waals surface area (Å²) in [5.41, 5.74) is 0.953. The quantitative estimate of drug-likeness (QED) is 0.0838. The lowest BCUT2D eigenvalue weighted by molar-refractivity contribution is -0.0477. The fourth-order valence-corrected chi connectivity index (χ4v) is 5.68. The molecule has 0 aliphatic rings. The van der Waals surface area contributed by atoms with Crippen molar-refractivity contribution in [2.24, 2.45) is 0 Å². The molecule has 0 saturated carbocycles. The van der Waals surface area contributed by atoms with Gasteiger partial charge in [0.15, 0.2) is 8.32 Å². The Hall–Kier alpha value is -1.26. The lowest BCUT2D eigenvalue weighted by Crippen LogP contribution is -2.43. The fourth-order valence-electron chi connectivity index (χ4n) is 4.64. The molecule has 0 saturated heterocycles. The molecule has 0 aromatic heterocycles. The van der Waals surface area contributed by atoms with Gasteiger partial charge in [0.25, 0.3) is 0 Å². The van der Waals surface area contributed by atoms with Crippen molar-refractivity contribution in [2.45, 2.75) is 161 Å². The number of halogens is 1. The van der Waals surface area contributed by atoms with Crippen LogP contribution < -0.4 is 0 Å². The molecule has 0 amide bonds. The van der Waals surface area contributed by atoms with E-state index in [1.54, 1.807) is 6.07 Å². The van der Waals surface area contributed by atoms with E-state index in [1.165, 1.54) is 108 Å². The predicted molar refractivity (Wildman–Crippen MR) is 173 cm³/mol. The van der Waals surface area contributed by atoms with Gasteiger partial charge in [-0.1, -0.05) is 124 Å². The molecule has 0 radical (unpaired) electrons. The molecule has 0 N–H and O–H groups in total. The SMILES string of the molecule is CCCCCCCCCCCCCCCCCCOCC(CO[Si](C)(C)C(C)(C)C)OCc1cc(F)cc(C#N)c1. The molecule has 0 heterocycles. The minimum atomic E-state index is -1.93. The van der Waals surface area contributed by atoms with Crippen LogP contribution in [0.25, 0.3) is 0 Å².